The summed E-state index contributed by atoms with van der Waals surface area (Å²) in [4.78, 5) is 28.4. The van der Waals surface area contributed by atoms with Gasteiger partial charge in [-0.15, -0.1) is 0 Å². The number of amides is 1. The summed E-state index contributed by atoms with van der Waals surface area (Å²) in [6.45, 7) is 10.4. The van der Waals surface area contributed by atoms with Crippen molar-refractivity contribution in [1.29, 1.82) is 0 Å². The zero-order valence-corrected chi connectivity index (χ0v) is 18.6. The highest BCUT2D eigenvalue weighted by molar-refractivity contribution is 5.92. The Morgan fingerprint density at radius 3 is 2.42 bits per heavy atom. The lowest BCUT2D eigenvalue weighted by Gasteiger charge is -2.36. The molecule has 0 atom stereocenters. The number of benzene rings is 2. The van der Waals surface area contributed by atoms with Crippen LogP contribution in [0.5, 0.6) is 0 Å². The van der Waals surface area contributed by atoms with Crippen LogP contribution in [0.1, 0.15) is 23.6 Å². The first-order valence-corrected chi connectivity index (χ1v) is 10.7. The molecule has 1 N–H and O–H groups in total. The monoisotopic (exact) mass is 421 g/mol. The molecule has 1 fully saturated rings. The first-order chi connectivity index (χ1) is 15.0. The summed E-state index contributed by atoms with van der Waals surface area (Å²) < 4.78 is 4.86. The van der Waals surface area contributed by atoms with E-state index in [2.05, 4.69) is 47.2 Å². The van der Waals surface area contributed by atoms with Gasteiger partial charge in [0, 0.05) is 43.6 Å². The molecular formula is C25H31N3O3. The van der Waals surface area contributed by atoms with Gasteiger partial charge >= 0.3 is 5.97 Å². The number of hydrogen-bond acceptors (Lipinski definition) is 5. The lowest BCUT2D eigenvalue weighted by Crippen LogP contribution is -2.48. The molecule has 3 rings (SSSR count). The second-order valence-electron chi connectivity index (χ2n) is 7.74. The molecule has 164 valence electrons. The molecule has 0 aliphatic carbocycles. The van der Waals surface area contributed by atoms with Gasteiger partial charge in [-0.1, -0.05) is 24.3 Å². The summed E-state index contributed by atoms with van der Waals surface area (Å²) in [5, 5.41) is 2.95. The van der Waals surface area contributed by atoms with Crippen LogP contribution in [-0.4, -0.2) is 56.1 Å². The van der Waals surface area contributed by atoms with Crippen molar-refractivity contribution in [2.75, 3.05) is 49.5 Å². The van der Waals surface area contributed by atoms with Crippen molar-refractivity contribution in [3.63, 3.8) is 0 Å². The molecule has 0 radical (unpaired) electrons. The van der Waals surface area contributed by atoms with E-state index in [-0.39, 0.29) is 11.9 Å². The van der Waals surface area contributed by atoms with Gasteiger partial charge in [0.1, 0.15) is 0 Å². The molecule has 31 heavy (non-hydrogen) atoms. The van der Waals surface area contributed by atoms with E-state index < -0.39 is 0 Å². The van der Waals surface area contributed by atoms with Crippen molar-refractivity contribution in [3.8, 4) is 0 Å². The summed E-state index contributed by atoms with van der Waals surface area (Å²) in [7, 11) is 0. The molecule has 0 bridgehead atoms. The largest absolute Gasteiger partial charge is 0.463 e. The minimum Gasteiger partial charge on any atom is -0.463 e. The molecular weight excluding hydrogens is 390 g/mol. The van der Waals surface area contributed by atoms with Gasteiger partial charge in [-0.3, -0.25) is 9.69 Å². The third-order valence-electron chi connectivity index (χ3n) is 5.55. The minimum atomic E-state index is -0.363. The highest BCUT2D eigenvalue weighted by Crippen LogP contribution is 2.23. The zero-order valence-electron chi connectivity index (χ0n) is 18.6. The van der Waals surface area contributed by atoms with Crippen molar-refractivity contribution in [3.05, 3.63) is 65.2 Å². The lowest BCUT2D eigenvalue weighted by molar-refractivity contribution is -0.137. The fourth-order valence-corrected chi connectivity index (χ4v) is 3.66. The van der Waals surface area contributed by atoms with Crippen molar-refractivity contribution < 1.29 is 14.3 Å². The molecule has 2 aromatic rings. The van der Waals surface area contributed by atoms with Crippen LogP contribution in [0, 0.1) is 13.8 Å². The molecule has 0 spiro atoms. The van der Waals surface area contributed by atoms with Crippen molar-refractivity contribution in [1.82, 2.24) is 4.90 Å². The van der Waals surface area contributed by atoms with E-state index in [9.17, 15) is 9.59 Å². The highest BCUT2D eigenvalue weighted by atomic mass is 16.5. The Hall–Kier alpha value is -3.12. The van der Waals surface area contributed by atoms with Crippen LogP contribution in [0.3, 0.4) is 0 Å². The molecule has 6 nitrogen and oxygen atoms in total. The number of carbonyl (C=O) groups excluding carboxylic acids is 2. The van der Waals surface area contributed by atoms with E-state index in [1.807, 2.05) is 24.3 Å². The molecule has 2 aromatic carbocycles. The Morgan fingerprint density at radius 1 is 1.03 bits per heavy atom. The van der Waals surface area contributed by atoms with Crippen molar-refractivity contribution in [2.24, 2.45) is 0 Å². The molecule has 1 saturated heterocycles. The number of nitrogens with one attached hydrogen (secondary N) is 1. The normalized spacial score (nSPS) is 14.6. The summed E-state index contributed by atoms with van der Waals surface area (Å²) in [5.41, 5.74) is 5.54. The predicted octanol–water partition coefficient (Wildman–Crippen LogP) is 3.64. The van der Waals surface area contributed by atoms with Gasteiger partial charge in [-0.05, 0) is 61.7 Å². The number of aryl methyl sites for hydroxylation is 1. The van der Waals surface area contributed by atoms with Crippen LogP contribution in [0.25, 0.3) is 6.08 Å². The van der Waals surface area contributed by atoms with E-state index in [1.54, 1.807) is 13.0 Å². The Kier molecular flexibility index (Phi) is 7.84. The standard InChI is InChI=1S/C25H31N3O3/c1-4-31-25(30)13-10-21-8-11-22(12-9-21)26-24(29)18-27-14-16-28(17-15-27)23-7-5-6-19(2)20(23)3/h5-13H,4,14-18H2,1-3H3,(H,26,29)/b13-10+. The fraction of sp³-hybridized carbons (Fsp3) is 0.360. The third kappa shape index (κ3) is 6.43. The van der Waals surface area contributed by atoms with Crippen molar-refractivity contribution in [2.45, 2.75) is 20.8 Å². The molecule has 0 unspecified atom stereocenters. The molecule has 0 saturated carbocycles. The first kappa shape index (κ1) is 22.6. The van der Waals surface area contributed by atoms with Gasteiger partial charge in [0.25, 0.3) is 0 Å². The van der Waals surface area contributed by atoms with Crippen LogP contribution in [0.2, 0.25) is 0 Å². The number of anilines is 2. The van der Waals surface area contributed by atoms with E-state index >= 15 is 0 Å². The van der Waals surface area contributed by atoms with E-state index in [1.165, 1.54) is 22.9 Å². The van der Waals surface area contributed by atoms with E-state index in [0.29, 0.717) is 13.2 Å². The quantitative estimate of drug-likeness (QED) is 0.546. The van der Waals surface area contributed by atoms with Crippen LogP contribution in [-0.2, 0) is 14.3 Å². The Morgan fingerprint density at radius 2 is 1.74 bits per heavy atom. The second kappa shape index (κ2) is 10.8. The summed E-state index contributed by atoms with van der Waals surface area (Å²) in [6.07, 6.45) is 3.09. The summed E-state index contributed by atoms with van der Waals surface area (Å²) >= 11 is 0. The number of nitrogens with zero attached hydrogens (tertiary/aromatic N) is 2. The Labute approximate surface area is 184 Å². The van der Waals surface area contributed by atoms with Crippen LogP contribution in [0.15, 0.2) is 48.5 Å². The topological polar surface area (TPSA) is 61.9 Å². The van der Waals surface area contributed by atoms with Crippen molar-refractivity contribution >= 4 is 29.3 Å². The Balaban J connectivity index is 1.46. The van der Waals surface area contributed by atoms with Gasteiger partial charge in [0.15, 0.2) is 0 Å². The molecule has 0 aromatic heterocycles. The highest BCUT2D eigenvalue weighted by Gasteiger charge is 2.20. The van der Waals surface area contributed by atoms with Crippen LogP contribution >= 0.6 is 0 Å². The minimum absolute atomic E-state index is 0.0185. The Bertz CT molecular complexity index is 930. The molecule has 1 heterocycles. The van der Waals surface area contributed by atoms with Crippen LogP contribution < -0.4 is 10.2 Å². The maximum atomic E-state index is 12.5. The number of esters is 1. The van der Waals surface area contributed by atoms with Gasteiger partial charge in [0.2, 0.25) is 5.91 Å². The molecule has 6 heteroatoms. The molecule has 1 aliphatic heterocycles. The van der Waals surface area contributed by atoms with Gasteiger partial charge in [-0.2, -0.15) is 0 Å². The smallest absolute Gasteiger partial charge is 0.330 e. The zero-order chi connectivity index (χ0) is 22.2. The van der Waals surface area contributed by atoms with Crippen LogP contribution in [0.4, 0.5) is 11.4 Å². The fourth-order valence-electron chi connectivity index (χ4n) is 3.66. The summed E-state index contributed by atoms with van der Waals surface area (Å²) in [5.74, 6) is -0.382. The number of ether oxygens (including phenoxy) is 1. The van der Waals surface area contributed by atoms with E-state index in [0.717, 1.165) is 37.4 Å². The maximum absolute atomic E-state index is 12.5. The van der Waals surface area contributed by atoms with Gasteiger partial charge < -0.3 is 15.0 Å². The average molecular weight is 422 g/mol. The molecule has 1 aliphatic rings. The number of piperazine rings is 1. The molecule has 1 amide bonds. The summed E-state index contributed by atoms with van der Waals surface area (Å²) in [6, 6.07) is 13.8. The number of hydrogen-bond donors (Lipinski definition) is 1. The van der Waals surface area contributed by atoms with E-state index in [4.69, 9.17) is 4.74 Å². The predicted molar refractivity (Wildman–Crippen MR) is 125 cm³/mol. The maximum Gasteiger partial charge on any atom is 0.330 e. The number of rotatable bonds is 7. The van der Waals surface area contributed by atoms with Gasteiger partial charge in [-0.25, -0.2) is 4.79 Å². The average Bonchev–Trinajstić information content (AvgIpc) is 2.76. The first-order valence-electron chi connectivity index (χ1n) is 10.7. The number of carbonyl (C=O) groups is 2. The second-order valence-corrected chi connectivity index (χ2v) is 7.74. The SMILES string of the molecule is CCOC(=O)/C=C/c1ccc(NC(=O)CN2CCN(c3cccc(C)c3C)CC2)cc1. The van der Waals surface area contributed by atoms with Gasteiger partial charge in [0.05, 0.1) is 13.2 Å². The third-order valence-corrected chi connectivity index (χ3v) is 5.55. The lowest BCUT2D eigenvalue weighted by atomic mass is 10.1.